The maximum atomic E-state index is 5.45. The van der Waals surface area contributed by atoms with Crippen LogP contribution in [0.5, 0.6) is 0 Å². The standard InChI is InChI=1S/C66H56N2/c1-3-4-5-6-9-22-47-34-38-51(39-35-47)67(50-24-20-23-48(36-40-50)49-37-43-65-58(44-49)57-28-15-19-33-64(57)68(65)63-32-18-12-21-46(63)2)52-41-42-56-55-25-10-7-8-11-29-59(55)66(62(56)45-52)60-30-16-13-26-53(60)54-27-14-17-31-61(54)66/h1,4-14,16-21,24-27,29-39,41-44,50,57,62,64H,15,22-23,28,40,45H2,2H3/b5-4-,8-7+,9-6-,10-7?,11-8?,25-10-,29-11?,55-25?,59-29?. The zero-order valence-corrected chi connectivity index (χ0v) is 38.8. The summed E-state index contributed by atoms with van der Waals surface area (Å²) in [6.07, 6.45) is 50.0. The summed E-state index contributed by atoms with van der Waals surface area (Å²) in [5.41, 5.74) is 21.5. The number of rotatable bonds is 8. The van der Waals surface area contributed by atoms with Crippen LogP contribution >= 0.6 is 0 Å². The highest BCUT2D eigenvalue weighted by atomic mass is 15.2. The first-order valence-electron chi connectivity index (χ1n) is 24.7. The topological polar surface area (TPSA) is 6.48 Å². The van der Waals surface area contributed by atoms with Gasteiger partial charge in [-0.2, -0.15) is 0 Å². The lowest BCUT2D eigenvalue weighted by Gasteiger charge is -2.42. The zero-order chi connectivity index (χ0) is 45.6. The minimum absolute atomic E-state index is 0.130. The van der Waals surface area contributed by atoms with Crippen LogP contribution < -0.4 is 9.80 Å². The van der Waals surface area contributed by atoms with Crippen LogP contribution in [0.3, 0.4) is 0 Å². The molecule has 0 N–H and O–H groups in total. The van der Waals surface area contributed by atoms with E-state index in [2.05, 4.69) is 223 Å². The number of hydrogen-bond donors (Lipinski definition) is 0. The summed E-state index contributed by atoms with van der Waals surface area (Å²) >= 11 is 0. The van der Waals surface area contributed by atoms with Gasteiger partial charge in [0.2, 0.25) is 0 Å². The highest BCUT2D eigenvalue weighted by Gasteiger charge is 2.57. The van der Waals surface area contributed by atoms with Gasteiger partial charge in [0, 0.05) is 34.6 Å². The molecule has 2 nitrogen and oxygen atoms in total. The number of aryl methyl sites for hydroxylation is 1. The van der Waals surface area contributed by atoms with Crippen molar-refractivity contribution in [3.05, 3.63) is 274 Å². The Balaban J connectivity index is 0.932. The summed E-state index contributed by atoms with van der Waals surface area (Å²) in [5, 5.41) is 0. The Morgan fingerprint density at radius 1 is 0.779 bits per heavy atom. The molecule has 68 heavy (non-hydrogen) atoms. The average Bonchev–Trinajstić information content (AvgIpc) is 3.85. The van der Waals surface area contributed by atoms with Crippen LogP contribution in [0.2, 0.25) is 0 Å². The molecule has 0 saturated heterocycles. The van der Waals surface area contributed by atoms with Gasteiger partial charge in [-0.25, -0.2) is 0 Å². The number of fused-ring (bicyclic) bond motifs is 12. The monoisotopic (exact) mass is 876 g/mol. The minimum Gasteiger partial charge on any atom is -0.338 e. The van der Waals surface area contributed by atoms with Crippen molar-refractivity contribution in [1.82, 2.24) is 0 Å². The molecule has 12 rings (SSSR count). The molecule has 7 aliphatic rings. The molecule has 0 radical (unpaired) electrons. The fourth-order valence-electron chi connectivity index (χ4n) is 12.8. The first kappa shape index (κ1) is 41.8. The lowest BCUT2D eigenvalue weighted by molar-refractivity contribution is 0.448. The SMILES string of the molecule is C#C/C=C\C=C/Cc1ccc(N(C2=CC=C3C4=C(C=C/C=C/C=C\4)C4(c5ccccc5-c5ccccc54)C3C2)C2C=CCC(c3ccc4c(c3)C3CCC=CC3N4c3ccccc3C)=CC2)cc1. The highest BCUT2D eigenvalue weighted by Crippen LogP contribution is 2.65. The number of nitrogens with zero attached hydrogens (tertiary/aromatic N) is 2. The van der Waals surface area contributed by atoms with Gasteiger partial charge in [-0.3, -0.25) is 0 Å². The van der Waals surface area contributed by atoms with E-state index in [1.165, 1.54) is 96.0 Å². The minimum atomic E-state index is -0.322. The van der Waals surface area contributed by atoms with Crippen LogP contribution in [0.15, 0.2) is 241 Å². The van der Waals surface area contributed by atoms with Gasteiger partial charge in [-0.1, -0.05) is 182 Å². The van der Waals surface area contributed by atoms with E-state index in [0.717, 1.165) is 32.1 Å². The van der Waals surface area contributed by atoms with E-state index in [1.807, 2.05) is 12.2 Å². The van der Waals surface area contributed by atoms with E-state index in [-0.39, 0.29) is 17.4 Å². The Hall–Kier alpha value is -7.60. The molecule has 0 bridgehead atoms. The van der Waals surface area contributed by atoms with Crippen molar-refractivity contribution in [3.8, 4) is 23.5 Å². The summed E-state index contributed by atoms with van der Waals surface area (Å²) in [7, 11) is 0. The summed E-state index contributed by atoms with van der Waals surface area (Å²) in [6, 6.07) is 44.4. The molecule has 0 amide bonds. The van der Waals surface area contributed by atoms with Gasteiger partial charge in [0.25, 0.3) is 0 Å². The van der Waals surface area contributed by atoms with Crippen molar-refractivity contribution >= 4 is 22.6 Å². The van der Waals surface area contributed by atoms with Gasteiger partial charge in [0.1, 0.15) is 0 Å². The van der Waals surface area contributed by atoms with Crippen molar-refractivity contribution in [2.75, 3.05) is 9.80 Å². The Morgan fingerprint density at radius 2 is 1.56 bits per heavy atom. The summed E-state index contributed by atoms with van der Waals surface area (Å²) in [4.78, 5) is 5.28. The fraction of sp³-hybridized carbons (Fsp3) is 0.182. The van der Waals surface area contributed by atoms with Gasteiger partial charge in [-0.05, 0) is 155 Å². The molecule has 4 atom stereocenters. The number of benzene rings is 5. The van der Waals surface area contributed by atoms with Crippen molar-refractivity contribution in [2.45, 2.75) is 68.9 Å². The largest absolute Gasteiger partial charge is 0.338 e. The normalized spacial score (nSPS) is 23.4. The van der Waals surface area contributed by atoms with Crippen LogP contribution in [0.1, 0.15) is 71.4 Å². The molecule has 1 aliphatic heterocycles. The Morgan fingerprint density at radius 3 is 2.37 bits per heavy atom. The smallest absolute Gasteiger partial charge is 0.0591 e. The first-order chi connectivity index (χ1) is 33.6. The van der Waals surface area contributed by atoms with Crippen molar-refractivity contribution in [3.63, 3.8) is 0 Å². The molecule has 5 aromatic carbocycles. The Labute approximate surface area is 403 Å². The predicted molar refractivity (Wildman–Crippen MR) is 286 cm³/mol. The van der Waals surface area contributed by atoms with Crippen LogP contribution in [0.4, 0.5) is 17.1 Å². The third kappa shape index (κ3) is 6.87. The highest BCUT2D eigenvalue weighted by molar-refractivity contribution is 5.88. The Bertz CT molecular complexity index is 3180. The third-order valence-electron chi connectivity index (χ3n) is 15.7. The summed E-state index contributed by atoms with van der Waals surface area (Å²) < 4.78 is 0. The van der Waals surface area contributed by atoms with Crippen LogP contribution in [-0.4, -0.2) is 12.1 Å². The number of allylic oxidation sites excluding steroid dienone is 19. The number of terminal acetylenes is 1. The van der Waals surface area contributed by atoms with E-state index in [0.29, 0.717) is 12.0 Å². The molecular formula is C66H56N2. The molecule has 2 heteroatoms. The average molecular weight is 877 g/mol. The predicted octanol–water partition coefficient (Wildman–Crippen LogP) is 15.6. The number of anilines is 3. The number of para-hydroxylation sites is 1. The molecule has 5 aromatic rings. The molecule has 0 saturated carbocycles. The van der Waals surface area contributed by atoms with Crippen molar-refractivity contribution < 1.29 is 0 Å². The van der Waals surface area contributed by atoms with E-state index < -0.39 is 0 Å². The molecule has 4 unspecified atom stereocenters. The second-order valence-electron chi connectivity index (χ2n) is 19.3. The van der Waals surface area contributed by atoms with E-state index in [1.54, 1.807) is 6.08 Å². The zero-order valence-electron chi connectivity index (χ0n) is 38.8. The Kier molecular flexibility index (Phi) is 10.8. The van der Waals surface area contributed by atoms with Crippen LogP contribution in [0.25, 0.3) is 16.7 Å². The number of hydrogen-bond acceptors (Lipinski definition) is 2. The quantitative estimate of drug-likeness (QED) is 0.0871. The van der Waals surface area contributed by atoms with E-state index in [9.17, 15) is 0 Å². The molecule has 0 fully saturated rings. The first-order valence-corrected chi connectivity index (χ1v) is 24.7. The molecular weight excluding hydrogens is 821 g/mol. The third-order valence-corrected chi connectivity index (χ3v) is 15.7. The lowest BCUT2D eigenvalue weighted by Crippen LogP contribution is -2.39. The molecule has 1 spiro atoms. The summed E-state index contributed by atoms with van der Waals surface area (Å²) in [5.74, 6) is 3.28. The molecule has 1 heterocycles. The van der Waals surface area contributed by atoms with Crippen LogP contribution in [0, 0.1) is 25.2 Å². The van der Waals surface area contributed by atoms with Crippen molar-refractivity contribution in [2.24, 2.45) is 5.92 Å². The molecule has 6 aliphatic carbocycles. The van der Waals surface area contributed by atoms with Gasteiger partial charge >= 0.3 is 0 Å². The van der Waals surface area contributed by atoms with Gasteiger partial charge in [0.15, 0.2) is 0 Å². The van der Waals surface area contributed by atoms with Gasteiger partial charge in [0.05, 0.1) is 17.5 Å². The van der Waals surface area contributed by atoms with Gasteiger partial charge < -0.3 is 9.80 Å². The summed E-state index contributed by atoms with van der Waals surface area (Å²) in [6.45, 7) is 2.25. The molecule has 0 aromatic heterocycles. The maximum absolute atomic E-state index is 5.45. The fourth-order valence-corrected chi connectivity index (χ4v) is 12.8. The second-order valence-corrected chi connectivity index (χ2v) is 19.3. The maximum Gasteiger partial charge on any atom is 0.0591 e. The van der Waals surface area contributed by atoms with E-state index in [4.69, 9.17) is 6.42 Å². The van der Waals surface area contributed by atoms with Crippen molar-refractivity contribution in [1.29, 1.82) is 0 Å². The van der Waals surface area contributed by atoms with Gasteiger partial charge in [-0.15, -0.1) is 6.42 Å². The lowest BCUT2D eigenvalue weighted by atomic mass is 9.64. The van der Waals surface area contributed by atoms with E-state index >= 15 is 0 Å². The second kappa shape index (κ2) is 17.6. The molecule has 330 valence electrons. The van der Waals surface area contributed by atoms with Crippen LogP contribution in [-0.2, 0) is 11.8 Å².